The van der Waals surface area contributed by atoms with E-state index in [9.17, 15) is 52.6 Å². The number of anilines is 1. The Labute approximate surface area is 266 Å². The van der Waals surface area contributed by atoms with Gasteiger partial charge in [0.05, 0.1) is 11.9 Å². The number of carboxylic acids is 1. The van der Waals surface area contributed by atoms with Crippen LogP contribution in [0, 0.1) is 0 Å². The van der Waals surface area contributed by atoms with Crippen LogP contribution in [-0.2, 0) is 27.6 Å². The number of aliphatic carboxylic acids is 1. The molecule has 0 aliphatic carbocycles. The highest BCUT2D eigenvalue weighted by Crippen LogP contribution is 2.42. The summed E-state index contributed by atoms with van der Waals surface area (Å²) in [6.07, 6.45) is -4.17. The predicted octanol–water partition coefficient (Wildman–Crippen LogP) is -0.0208. The SMILES string of the molecule is Cn1c(SCC2=C(C(=O)O)N3C(=O)[C@@H](NC(=O)C(NC(=O)c4cc(=O)c(O)cn4O)c4csc(N)n4)[C@H]3SC2)nnc1C(F)(F)F. The van der Waals surface area contributed by atoms with Crippen LogP contribution < -0.4 is 21.8 Å². The highest BCUT2D eigenvalue weighted by Gasteiger charge is 2.54. The molecule has 0 bridgehead atoms. The third-order valence-electron chi connectivity index (χ3n) is 6.63. The van der Waals surface area contributed by atoms with E-state index < -0.39 is 75.7 Å². The molecule has 3 atom stereocenters. The Morgan fingerprint density at radius 2 is 1.98 bits per heavy atom. The summed E-state index contributed by atoms with van der Waals surface area (Å²) in [6.45, 7) is 0. The molecule has 7 N–H and O–H groups in total. The Morgan fingerprint density at radius 1 is 1.26 bits per heavy atom. The molecule has 2 aliphatic rings. The van der Waals surface area contributed by atoms with Gasteiger partial charge >= 0.3 is 12.1 Å². The van der Waals surface area contributed by atoms with E-state index in [4.69, 9.17) is 5.73 Å². The Hall–Kier alpha value is -4.77. The van der Waals surface area contributed by atoms with E-state index in [0.717, 1.165) is 51.4 Å². The van der Waals surface area contributed by atoms with Gasteiger partial charge in [0.2, 0.25) is 17.2 Å². The number of thioether (sulfide) groups is 2. The van der Waals surface area contributed by atoms with Gasteiger partial charge in [-0.2, -0.15) is 17.9 Å². The van der Waals surface area contributed by atoms with E-state index in [1.807, 2.05) is 0 Å². The van der Waals surface area contributed by atoms with Crippen LogP contribution in [0.4, 0.5) is 18.3 Å². The van der Waals surface area contributed by atoms with Crippen LogP contribution in [0.15, 0.2) is 38.9 Å². The molecule has 0 saturated carbocycles. The Morgan fingerprint density at radius 3 is 2.59 bits per heavy atom. The monoisotopic (exact) mass is 703 g/mol. The molecule has 5 heterocycles. The summed E-state index contributed by atoms with van der Waals surface area (Å²) in [5.74, 6) is -6.55. The van der Waals surface area contributed by atoms with Gasteiger partial charge < -0.3 is 36.4 Å². The molecule has 0 spiro atoms. The number of nitrogens with two attached hydrogens (primary N) is 1. The first-order chi connectivity index (χ1) is 21.6. The van der Waals surface area contributed by atoms with E-state index in [2.05, 4.69) is 25.8 Å². The number of aromatic nitrogens is 5. The molecule has 3 amide bonds. The number of rotatable bonds is 9. The minimum atomic E-state index is -4.75. The number of fused-ring (bicyclic) bond motifs is 1. The molecule has 1 fully saturated rings. The van der Waals surface area contributed by atoms with Gasteiger partial charge in [0, 0.05) is 30.0 Å². The van der Waals surface area contributed by atoms with Gasteiger partial charge in [0.15, 0.2) is 22.1 Å². The second kappa shape index (κ2) is 12.2. The number of carbonyl (C=O) groups is 4. The third kappa shape index (κ3) is 6.06. The highest BCUT2D eigenvalue weighted by molar-refractivity contribution is 8.01. The summed E-state index contributed by atoms with van der Waals surface area (Å²) in [7, 11) is 1.11. The first-order valence-electron chi connectivity index (χ1n) is 12.5. The first kappa shape index (κ1) is 32.6. The minimum absolute atomic E-state index is 0.0251. The number of amides is 3. The number of hydrogen-bond acceptors (Lipinski definition) is 14. The van der Waals surface area contributed by atoms with Gasteiger partial charge in [-0.25, -0.2) is 9.78 Å². The van der Waals surface area contributed by atoms with E-state index >= 15 is 0 Å². The molecular weight excluding hydrogens is 684 g/mol. The third-order valence-corrected chi connectivity index (χ3v) is 9.77. The summed E-state index contributed by atoms with van der Waals surface area (Å²) < 4.78 is 40.1. The standard InChI is InChI=1S/C23H20F3N9O8S3/c1-33-20(23(24,25)26)31-32-22(33)46-5-7-4-44-18-13(17(40)35(18)14(7)19(41)42)30-16(39)12(8-6-45-21(27)28-8)29-15(38)9-2-10(36)11(37)3-34(9)43/h2-3,6,12-13,18,37,43H,4-5H2,1H3,(H2,27,28)(H,29,38)(H,30,39)(H,41,42)/t12?,13-,18-/m1/s1. The maximum Gasteiger partial charge on any atom is 0.451 e. The van der Waals surface area contributed by atoms with Crippen molar-refractivity contribution in [2.75, 3.05) is 17.2 Å². The average Bonchev–Trinajstić information content (AvgIpc) is 3.59. The normalized spacial score (nSPS) is 18.5. The summed E-state index contributed by atoms with van der Waals surface area (Å²) in [5.41, 5.74) is 3.82. The van der Waals surface area contributed by atoms with Crippen LogP contribution >= 0.6 is 34.9 Å². The second-order valence-electron chi connectivity index (χ2n) is 9.57. The van der Waals surface area contributed by atoms with Crippen LogP contribution in [0.2, 0.25) is 0 Å². The van der Waals surface area contributed by atoms with Crippen molar-refractivity contribution in [3.05, 3.63) is 56.3 Å². The fraction of sp³-hybridized carbons (Fsp3) is 0.304. The number of halogens is 3. The van der Waals surface area contributed by atoms with Crippen molar-refractivity contribution in [3.8, 4) is 5.75 Å². The number of thiazole rings is 1. The predicted molar refractivity (Wildman–Crippen MR) is 153 cm³/mol. The summed E-state index contributed by atoms with van der Waals surface area (Å²) in [4.78, 5) is 68.5. The Balaban J connectivity index is 1.33. The van der Waals surface area contributed by atoms with Crippen LogP contribution in [0.5, 0.6) is 5.75 Å². The quantitative estimate of drug-likeness (QED) is 0.0974. The minimum Gasteiger partial charge on any atom is -0.503 e. The largest absolute Gasteiger partial charge is 0.503 e. The van der Waals surface area contributed by atoms with Crippen LogP contribution in [0.25, 0.3) is 0 Å². The lowest BCUT2D eigenvalue weighted by Gasteiger charge is -2.49. The van der Waals surface area contributed by atoms with Gasteiger partial charge in [-0.15, -0.1) is 33.3 Å². The zero-order valence-electron chi connectivity index (χ0n) is 22.9. The van der Waals surface area contributed by atoms with Crippen LogP contribution in [-0.4, -0.2) is 91.4 Å². The number of aromatic hydroxyl groups is 1. The number of β-lactam (4-membered cyclic amide) rings is 1. The zero-order valence-corrected chi connectivity index (χ0v) is 25.3. The number of alkyl halides is 3. The molecule has 244 valence electrons. The highest BCUT2D eigenvalue weighted by atomic mass is 32.2. The number of carbonyl (C=O) groups excluding carboxylic acids is 3. The molecule has 3 aromatic heterocycles. The first-order valence-corrected chi connectivity index (χ1v) is 15.5. The molecule has 0 aromatic carbocycles. The van der Waals surface area contributed by atoms with Crippen molar-refractivity contribution < 1.29 is 47.8 Å². The van der Waals surface area contributed by atoms with Crippen molar-refractivity contribution in [3.63, 3.8) is 0 Å². The van der Waals surface area contributed by atoms with Crippen LogP contribution in [0.1, 0.15) is 28.0 Å². The van der Waals surface area contributed by atoms with Crippen molar-refractivity contribution in [2.24, 2.45) is 7.05 Å². The Kier molecular flexibility index (Phi) is 8.65. The van der Waals surface area contributed by atoms with E-state index in [1.54, 1.807) is 0 Å². The summed E-state index contributed by atoms with van der Waals surface area (Å²) in [5, 5.41) is 41.1. The van der Waals surface area contributed by atoms with Gasteiger partial charge in [0.1, 0.15) is 22.8 Å². The second-order valence-corrected chi connectivity index (χ2v) is 12.5. The lowest BCUT2D eigenvalue weighted by molar-refractivity contribution is -0.151. The number of nitrogen functional groups attached to an aromatic ring is 1. The maximum absolute atomic E-state index is 13.4. The molecule has 2 aliphatic heterocycles. The lowest BCUT2D eigenvalue weighted by atomic mass is 10.0. The average molecular weight is 704 g/mol. The number of nitrogens with one attached hydrogen (secondary N) is 2. The zero-order chi connectivity index (χ0) is 33.7. The van der Waals surface area contributed by atoms with E-state index in [-0.39, 0.29) is 37.8 Å². The lowest BCUT2D eigenvalue weighted by Crippen LogP contribution is -2.71. The van der Waals surface area contributed by atoms with Crippen molar-refractivity contribution in [2.45, 2.75) is 28.8 Å². The summed E-state index contributed by atoms with van der Waals surface area (Å²) >= 11 is 2.82. The van der Waals surface area contributed by atoms with Gasteiger partial charge in [-0.1, -0.05) is 11.8 Å². The molecule has 23 heteroatoms. The fourth-order valence-corrected chi connectivity index (χ4v) is 7.45. The maximum atomic E-state index is 13.4. The topological polar surface area (TPSA) is 248 Å². The molecule has 17 nitrogen and oxygen atoms in total. The van der Waals surface area contributed by atoms with Crippen molar-refractivity contribution in [1.29, 1.82) is 0 Å². The van der Waals surface area contributed by atoms with Gasteiger partial charge in [-0.05, 0) is 5.57 Å². The molecule has 5 rings (SSSR count). The molecular formula is C23H20F3N9O8S3. The smallest absolute Gasteiger partial charge is 0.451 e. The van der Waals surface area contributed by atoms with Crippen molar-refractivity contribution in [1.82, 2.24) is 40.0 Å². The molecule has 46 heavy (non-hydrogen) atoms. The fourth-order valence-electron chi connectivity index (χ4n) is 4.47. The van der Waals surface area contributed by atoms with E-state index in [0.29, 0.717) is 12.3 Å². The number of pyridine rings is 1. The molecule has 1 unspecified atom stereocenters. The van der Waals surface area contributed by atoms with E-state index in [1.165, 1.54) is 5.38 Å². The number of hydrogen-bond donors (Lipinski definition) is 6. The van der Waals surface area contributed by atoms with Crippen LogP contribution in [0.3, 0.4) is 0 Å². The molecule has 1 saturated heterocycles. The Bertz CT molecular complexity index is 1860. The van der Waals surface area contributed by atoms with Crippen molar-refractivity contribution >= 4 is 63.7 Å². The number of nitrogens with zero attached hydrogens (tertiary/aromatic N) is 6. The summed E-state index contributed by atoms with van der Waals surface area (Å²) in [6, 6.07) is -2.24. The van der Waals surface area contributed by atoms with Gasteiger partial charge in [-0.3, -0.25) is 24.1 Å². The number of carboxylic acid groups (broad SMARTS) is 1. The molecule has 3 aromatic rings. The molecule has 0 radical (unpaired) electrons. The van der Waals surface area contributed by atoms with Gasteiger partial charge in [0.25, 0.3) is 11.8 Å².